The van der Waals surface area contributed by atoms with Crippen LogP contribution in [0.15, 0.2) is 6.07 Å². The number of hydrogen-bond acceptors (Lipinski definition) is 8. The van der Waals surface area contributed by atoms with Gasteiger partial charge in [0.15, 0.2) is 6.29 Å². The van der Waals surface area contributed by atoms with Crippen LogP contribution in [0, 0.1) is 13.8 Å². The Morgan fingerprint density at radius 3 is 2.62 bits per heavy atom. The van der Waals surface area contributed by atoms with Gasteiger partial charge in [0.1, 0.15) is 23.9 Å². The zero-order chi connectivity index (χ0) is 15.2. The van der Waals surface area contributed by atoms with Crippen LogP contribution in [-0.4, -0.2) is 68.6 Å². The molecule has 5 atom stereocenters. The van der Waals surface area contributed by atoms with Gasteiger partial charge in [-0.3, -0.25) is 0 Å². The molecular weight excluding hydrogens is 278 g/mol. The molecule has 0 unspecified atom stereocenters. The number of anilines is 1. The van der Waals surface area contributed by atoms with Crippen LogP contribution in [0.4, 0.5) is 5.95 Å². The number of aliphatic hydroxyl groups excluding tert-OH is 3. The first-order chi connectivity index (χ1) is 9.95. The van der Waals surface area contributed by atoms with Crippen LogP contribution in [0.1, 0.15) is 11.4 Å². The van der Waals surface area contributed by atoms with Crippen LogP contribution in [0.25, 0.3) is 0 Å². The van der Waals surface area contributed by atoms with Crippen LogP contribution in [-0.2, 0) is 9.47 Å². The Morgan fingerprint density at radius 1 is 1.33 bits per heavy atom. The van der Waals surface area contributed by atoms with Crippen LogP contribution in [0.5, 0.6) is 0 Å². The third kappa shape index (κ3) is 2.39. The molecule has 21 heavy (non-hydrogen) atoms. The maximum Gasteiger partial charge on any atom is 0.223 e. The number of fused-ring (bicyclic) bond motifs is 2. The lowest BCUT2D eigenvalue weighted by atomic mass is 9.88. The third-order valence-corrected chi connectivity index (χ3v) is 3.91. The van der Waals surface area contributed by atoms with Crippen molar-refractivity contribution in [3.8, 4) is 0 Å². The van der Waals surface area contributed by atoms with Gasteiger partial charge < -0.3 is 30.1 Å². The first-order valence-electron chi connectivity index (χ1n) is 6.80. The smallest absolute Gasteiger partial charge is 0.223 e. The van der Waals surface area contributed by atoms with Crippen molar-refractivity contribution in [2.75, 3.05) is 18.5 Å². The first-order valence-corrected chi connectivity index (χ1v) is 6.80. The molecule has 3 rings (SSSR count). The Bertz CT molecular complexity index is 522. The maximum atomic E-state index is 10.3. The van der Waals surface area contributed by atoms with Gasteiger partial charge in [0.2, 0.25) is 5.95 Å². The lowest BCUT2D eigenvalue weighted by Gasteiger charge is -2.41. The van der Waals surface area contributed by atoms with Gasteiger partial charge in [0.05, 0.1) is 13.2 Å². The summed E-state index contributed by atoms with van der Waals surface area (Å²) in [6.45, 7) is 3.28. The number of ether oxygens (including phenoxy) is 2. The second-order valence-electron chi connectivity index (χ2n) is 5.60. The minimum atomic E-state index is -1.26. The number of aromatic nitrogens is 2. The van der Waals surface area contributed by atoms with Crippen molar-refractivity contribution in [3.05, 3.63) is 17.5 Å². The van der Waals surface area contributed by atoms with Gasteiger partial charge in [-0.05, 0) is 19.9 Å². The van der Waals surface area contributed by atoms with Gasteiger partial charge in [-0.25, -0.2) is 9.97 Å². The van der Waals surface area contributed by atoms with E-state index >= 15 is 0 Å². The van der Waals surface area contributed by atoms with E-state index in [0.29, 0.717) is 5.95 Å². The average molecular weight is 297 g/mol. The highest BCUT2D eigenvalue weighted by atomic mass is 16.7. The number of rotatable bonds is 3. The maximum absolute atomic E-state index is 10.3. The molecular formula is C13H19N3O5. The van der Waals surface area contributed by atoms with E-state index in [1.165, 1.54) is 0 Å². The Labute approximate surface area is 121 Å². The molecule has 0 amide bonds. The zero-order valence-electron chi connectivity index (χ0n) is 11.9. The number of aliphatic hydroxyl groups is 3. The van der Waals surface area contributed by atoms with Crippen molar-refractivity contribution in [2.45, 2.75) is 44.0 Å². The summed E-state index contributed by atoms with van der Waals surface area (Å²) in [5.74, 6) is 0.333. The Kier molecular flexibility index (Phi) is 3.58. The summed E-state index contributed by atoms with van der Waals surface area (Å²) in [6.07, 6.45) is -3.20. The quantitative estimate of drug-likeness (QED) is 0.545. The molecule has 0 aliphatic carbocycles. The Hall–Kier alpha value is -1.32. The predicted molar refractivity (Wildman–Crippen MR) is 71.6 cm³/mol. The highest BCUT2D eigenvalue weighted by Gasteiger charge is 2.59. The Balaban J connectivity index is 1.83. The molecule has 0 saturated carbocycles. The molecule has 0 radical (unpaired) electrons. The lowest BCUT2D eigenvalue weighted by molar-refractivity contribution is -0.224. The largest absolute Gasteiger partial charge is 0.393 e. The molecule has 116 valence electrons. The van der Waals surface area contributed by atoms with Crippen LogP contribution >= 0.6 is 0 Å². The number of nitrogens with zero attached hydrogens (tertiary/aromatic N) is 2. The van der Waals surface area contributed by atoms with E-state index in [1.54, 1.807) is 0 Å². The molecule has 2 bridgehead atoms. The van der Waals surface area contributed by atoms with E-state index in [0.717, 1.165) is 11.4 Å². The van der Waals surface area contributed by atoms with E-state index < -0.39 is 36.7 Å². The fraction of sp³-hybridized carbons (Fsp3) is 0.692. The van der Waals surface area contributed by atoms with E-state index in [2.05, 4.69) is 15.3 Å². The molecule has 8 heteroatoms. The lowest BCUT2D eigenvalue weighted by Crippen LogP contribution is -2.64. The van der Waals surface area contributed by atoms with Gasteiger partial charge in [-0.15, -0.1) is 0 Å². The average Bonchev–Trinajstić information content (AvgIpc) is 2.83. The summed E-state index contributed by atoms with van der Waals surface area (Å²) >= 11 is 0. The van der Waals surface area contributed by atoms with Crippen molar-refractivity contribution >= 4 is 5.95 Å². The highest BCUT2D eigenvalue weighted by Crippen LogP contribution is 2.37. The number of aryl methyl sites for hydroxylation is 2. The molecule has 0 aromatic carbocycles. The summed E-state index contributed by atoms with van der Waals surface area (Å²) in [7, 11) is 0. The van der Waals surface area contributed by atoms with Crippen LogP contribution < -0.4 is 5.32 Å². The summed E-state index contributed by atoms with van der Waals surface area (Å²) in [6, 6.07) is 1.11. The normalized spacial score (nSPS) is 38.5. The Morgan fingerprint density at radius 2 is 2.00 bits per heavy atom. The van der Waals surface area contributed by atoms with Crippen molar-refractivity contribution in [3.63, 3.8) is 0 Å². The van der Waals surface area contributed by atoms with Gasteiger partial charge in [-0.2, -0.15) is 0 Å². The molecule has 0 spiro atoms. The zero-order valence-corrected chi connectivity index (χ0v) is 11.9. The number of hydrogen-bond donors (Lipinski definition) is 4. The van der Waals surface area contributed by atoms with Gasteiger partial charge in [-0.1, -0.05) is 0 Å². The second kappa shape index (κ2) is 5.15. The summed E-state index contributed by atoms with van der Waals surface area (Å²) in [5.41, 5.74) is 0.314. The van der Waals surface area contributed by atoms with Crippen molar-refractivity contribution < 1.29 is 24.8 Å². The third-order valence-electron chi connectivity index (χ3n) is 3.91. The standard InChI is InChI=1S/C13H19N3O5/c1-6-3-7(2)15-12(14-6)16-8-9(18)10(19)13(4-17)5-20-11(8)21-13/h3,8-11,17-19H,4-5H2,1-2H3,(H,14,15,16)/t8-,9-,10-,11+,13+/m1/s1. The van der Waals surface area contributed by atoms with Crippen molar-refractivity contribution in [1.29, 1.82) is 0 Å². The second-order valence-corrected chi connectivity index (χ2v) is 5.60. The van der Waals surface area contributed by atoms with E-state index in [1.807, 2.05) is 19.9 Å². The predicted octanol–water partition coefficient (Wildman–Crippen LogP) is -1.29. The van der Waals surface area contributed by atoms with Gasteiger partial charge in [0.25, 0.3) is 0 Å². The first kappa shape index (κ1) is 14.6. The summed E-state index contributed by atoms with van der Waals surface area (Å²) < 4.78 is 11.0. The molecule has 1 aromatic rings. The summed E-state index contributed by atoms with van der Waals surface area (Å²) in [4.78, 5) is 8.46. The molecule has 8 nitrogen and oxygen atoms in total. The van der Waals surface area contributed by atoms with Crippen molar-refractivity contribution in [2.24, 2.45) is 0 Å². The number of nitrogens with one attached hydrogen (secondary N) is 1. The fourth-order valence-corrected chi connectivity index (χ4v) is 2.79. The molecule has 3 heterocycles. The fourth-order valence-electron chi connectivity index (χ4n) is 2.79. The topological polar surface area (TPSA) is 117 Å². The van der Waals surface area contributed by atoms with E-state index in [4.69, 9.17) is 9.47 Å². The molecule has 2 aliphatic rings. The van der Waals surface area contributed by atoms with Gasteiger partial charge >= 0.3 is 0 Å². The van der Waals surface area contributed by atoms with Gasteiger partial charge in [0, 0.05) is 11.4 Å². The summed E-state index contributed by atoms with van der Waals surface area (Å²) in [5, 5.41) is 32.8. The highest BCUT2D eigenvalue weighted by molar-refractivity contribution is 5.31. The van der Waals surface area contributed by atoms with E-state index in [-0.39, 0.29) is 6.61 Å². The molecule has 2 fully saturated rings. The molecule has 2 aliphatic heterocycles. The molecule has 1 aromatic heterocycles. The monoisotopic (exact) mass is 297 g/mol. The van der Waals surface area contributed by atoms with E-state index in [9.17, 15) is 15.3 Å². The molecule has 2 saturated heterocycles. The minimum Gasteiger partial charge on any atom is -0.393 e. The van der Waals surface area contributed by atoms with Crippen LogP contribution in [0.3, 0.4) is 0 Å². The molecule has 4 N–H and O–H groups in total. The SMILES string of the molecule is Cc1cc(C)nc(N[C@H]2[C@H]3OC[C@](CO)(O3)[C@H](O)[C@@H]2O)n1. The van der Waals surface area contributed by atoms with Crippen molar-refractivity contribution in [1.82, 2.24) is 9.97 Å². The van der Waals surface area contributed by atoms with Crippen LogP contribution in [0.2, 0.25) is 0 Å². The minimum absolute atomic E-state index is 0.0261.